The van der Waals surface area contributed by atoms with Crippen molar-refractivity contribution in [3.05, 3.63) is 83.7 Å². The Morgan fingerprint density at radius 3 is 2.46 bits per heavy atom. The number of rotatable bonds is 3. The molecule has 0 aliphatic heterocycles. The number of aryl methyl sites for hydroxylation is 1. The average Bonchev–Trinajstić information content (AvgIpc) is 3.06. The van der Waals surface area contributed by atoms with E-state index in [1.807, 2.05) is 19.1 Å². The van der Waals surface area contributed by atoms with E-state index >= 15 is 0 Å². The predicted octanol–water partition coefficient (Wildman–Crippen LogP) is 5.16. The molecule has 1 heterocycles. The van der Waals surface area contributed by atoms with Gasteiger partial charge in [-0.15, -0.1) is 0 Å². The van der Waals surface area contributed by atoms with Crippen molar-refractivity contribution < 1.29 is 18.4 Å². The van der Waals surface area contributed by atoms with E-state index in [0.717, 1.165) is 16.5 Å². The Hall–Kier alpha value is -3.47. The van der Waals surface area contributed by atoms with Gasteiger partial charge in [-0.05, 0) is 55.5 Å². The summed E-state index contributed by atoms with van der Waals surface area (Å²) in [6.07, 6.45) is 0. The number of hydrogen-bond acceptors (Lipinski definition) is 4. The third kappa shape index (κ3) is 3.07. The Labute approximate surface area is 148 Å². The molecule has 0 aliphatic rings. The van der Waals surface area contributed by atoms with Gasteiger partial charge in [0.05, 0.1) is 5.56 Å². The molecule has 128 valence electrons. The number of esters is 1. The molecule has 1 aromatic heterocycles. The molecule has 26 heavy (non-hydrogen) atoms. The summed E-state index contributed by atoms with van der Waals surface area (Å²) < 4.78 is 23.8. The van der Waals surface area contributed by atoms with Crippen LogP contribution in [0.1, 0.15) is 15.9 Å². The van der Waals surface area contributed by atoms with Crippen LogP contribution in [0.15, 0.2) is 71.3 Å². The smallest absolute Gasteiger partial charge is 0.343 e. The highest BCUT2D eigenvalue weighted by atomic mass is 19.1. The number of hydrogen-bond donors (Lipinski definition) is 0. The molecule has 3 aromatic carbocycles. The summed E-state index contributed by atoms with van der Waals surface area (Å²) >= 11 is 0. The van der Waals surface area contributed by atoms with Crippen molar-refractivity contribution in [3.8, 4) is 17.0 Å². The lowest BCUT2D eigenvalue weighted by Crippen LogP contribution is -2.08. The Morgan fingerprint density at radius 2 is 1.73 bits per heavy atom. The highest BCUT2D eigenvalue weighted by Gasteiger charge is 2.14. The quantitative estimate of drug-likeness (QED) is 0.379. The van der Waals surface area contributed by atoms with Crippen molar-refractivity contribution in [2.45, 2.75) is 6.92 Å². The van der Waals surface area contributed by atoms with Gasteiger partial charge in [-0.3, -0.25) is 0 Å². The van der Waals surface area contributed by atoms with Gasteiger partial charge >= 0.3 is 5.97 Å². The summed E-state index contributed by atoms with van der Waals surface area (Å²) in [5, 5.41) is 4.80. The predicted molar refractivity (Wildman–Crippen MR) is 95.5 cm³/mol. The molecule has 0 amide bonds. The summed E-state index contributed by atoms with van der Waals surface area (Å²) in [6.45, 7) is 1.95. The van der Waals surface area contributed by atoms with Crippen molar-refractivity contribution in [1.82, 2.24) is 5.16 Å². The zero-order valence-corrected chi connectivity index (χ0v) is 13.9. The zero-order chi connectivity index (χ0) is 18.1. The molecule has 0 spiro atoms. The number of carbonyl (C=O) groups excluding carboxylic acids is 1. The third-order valence-electron chi connectivity index (χ3n) is 4.06. The number of nitrogens with zero attached hydrogens (tertiary/aromatic N) is 1. The van der Waals surface area contributed by atoms with Gasteiger partial charge in [0.15, 0.2) is 5.58 Å². The molecule has 0 saturated heterocycles. The number of fused-ring (bicyclic) bond motifs is 1. The van der Waals surface area contributed by atoms with Crippen LogP contribution in [0, 0.1) is 12.7 Å². The van der Waals surface area contributed by atoms with Crippen LogP contribution in [-0.4, -0.2) is 11.1 Å². The second-order valence-electron chi connectivity index (χ2n) is 5.95. The van der Waals surface area contributed by atoms with Crippen LogP contribution in [-0.2, 0) is 0 Å². The van der Waals surface area contributed by atoms with E-state index in [1.165, 1.54) is 12.1 Å². The molecule has 0 atom stereocenters. The van der Waals surface area contributed by atoms with Crippen molar-refractivity contribution in [2.75, 3.05) is 0 Å². The molecule has 4 nitrogen and oxygen atoms in total. The molecular formula is C21H14FNO3. The lowest BCUT2D eigenvalue weighted by Gasteiger charge is -2.04. The molecule has 4 rings (SSSR count). The molecule has 0 bridgehead atoms. The third-order valence-corrected chi connectivity index (χ3v) is 4.06. The maximum Gasteiger partial charge on any atom is 0.343 e. The molecule has 0 fully saturated rings. The first-order valence-corrected chi connectivity index (χ1v) is 8.04. The number of halogens is 1. The topological polar surface area (TPSA) is 52.3 Å². The van der Waals surface area contributed by atoms with Crippen molar-refractivity contribution in [1.29, 1.82) is 0 Å². The number of ether oxygens (including phenoxy) is 1. The number of carbonyl (C=O) groups is 1. The lowest BCUT2D eigenvalue weighted by atomic mass is 10.1. The van der Waals surface area contributed by atoms with Gasteiger partial charge in [0, 0.05) is 17.0 Å². The molecule has 0 unspecified atom stereocenters. The summed E-state index contributed by atoms with van der Waals surface area (Å²) in [7, 11) is 0. The molecule has 0 radical (unpaired) electrons. The monoisotopic (exact) mass is 347 g/mol. The highest BCUT2D eigenvalue weighted by Crippen LogP contribution is 2.30. The molecular weight excluding hydrogens is 333 g/mol. The normalized spacial score (nSPS) is 10.8. The SMILES string of the molecule is Cc1ccc(C(=O)Oc2ccc3c(-c4ccc(F)cc4)noc3c2)cc1. The number of aromatic nitrogens is 1. The zero-order valence-electron chi connectivity index (χ0n) is 13.9. The van der Waals surface area contributed by atoms with Crippen LogP contribution >= 0.6 is 0 Å². The van der Waals surface area contributed by atoms with Crippen LogP contribution in [0.25, 0.3) is 22.2 Å². The second kappa shape index (κ2) is 6.44. The van der Waals surface area contributed by atoms with Crippen LogP contribution < -0.4 is 4.74 Å². The van der Waals surface area contributed by atoms with E-state index in [2.05, 4.69) is 5.16 Å². The molecule has 5 heteroatoms. The summed E-state index contributed by atoms with van der Waals surface area (Å²) in [4.78, 5) is 12.2. The minimum Gasteiger partial charge on any atom is -0.423 e. The van der Waals surface area contributed by atoms with Crippen molar-refractivity contribution in [2.24, 2.45) is 0 Å². The second-order valence-corrected chi connectivity index (χ2v) is 5.95. The standard InChI is InChI=1S/C21H14FNO3/c1-13-2-4-15(5-3-13)21(24)25-17-10-11-18-19(12-17)26-23-20(18)14-6-8-16(22)9-7-14/h2-12H,1H3. The fourth-order valence-corrected chi connectivity index (χ4v) is 2.65. The number of benzene rings is 3. The first-order chi connectivity index (χ1) is 12.6. The molecule has 4 aromatic rings. The Bertz CT molecular complexity index is 1080. The molecule has 0 N–H and O–H groups in total. The van der Waals surface area contributed by atoms with Gasteiger partial charge in [0.2, 0.25) is 0 Å². The minimum absolute atomic E-state index is 0.313. The van der Waals surface area contributed by atoms with Crippen molar-refractivity contribution in [3.63, 3.8) is 0 Å². The Morgan fingerprint density at radius 1 is 1.00 bits per heavy atom. The van der Waals surface area contributed by atoms with Gasteiger partial charge < -0.3 is 9.26 Å². The average molecular weight is 347 g/mol. The summed E-state index contributed by atoms with van der Waals surface area (Å²) in [6, 6.07) is 18.2. The first kappa shape index (κ1) is 16.0. The molecule has 0 saturated carbocycles. The van der Waals surface area contributed by atoms with E-state index in [9.17, 15) is 9.18 Å². The van der Waals surface area contributed by atoms with Crippen LogP contribution in [0.4, 0.5) is 4.39 Å². The summed E-state index contributed by atoms with van der Waals surface area (Å²) in [5.74, 6) is -0.389. The van der Waals surface area contributed by atoms with Crippen LogP contribution in [0.2, 0.25) is 0 Å². The van der Waals surface area contributed by atoms with Gasteiger partial charge in [-0.25, -0.2) is 9.18 Å². The van der Waals surface area contributed by atoms with Gasteiger partial charge in [-0.1, -0.05) is 22.9 Å². The fraction of sp³-hybridized carbons (Fsp3) is 0.0476. The van der Waals surface area contributed by atoms with E-state index in [0.29, 0.717) is 22.6 Å². The maximum atomic E-state index is 13.1. The van der Waals surface area contributed by atoms with E-state index in [4.69, 9.17) is 9.26 Å². The van der Waals surface area contributed by atoms with Gasteiger partial charge in [-0.2, -0.15) is 0 Å². The maximum absolute atomic E-state index is 13.1. The van der Waals surface area contributed by atoms with Crippen LogP contribution in [0.5, 0.6) is 5.75 Å². The van der Waals surface area contributed by atoms with Gasteiger partial charge in [0.1, 0.15) is 17.3 Å². The lowest BCUT2D eigenvalue weighted by molar-refractivity contribution is 0.0735. The molecule has 0 aliphatic carbocycles. The fourth-order valence-electron chi connectivity index (χ4n) is 2.65. The van der Waals surface area contributed by atoms with E-state index < -0.39 is 5.97 Å². The highest BCUT2D eigenvalue weighted by molar-refractivity contribution is 5.94. The van der Waals surface area contributed by atoms with E-state index in [1.54, 1.807) is 42.5 Å². The van der Waals surface area contributed by atoms with E-state index in [-0.39, 0.29) is 5.82 Å². The summed E-state index contributed by atoms with van der Waals surface area (Å²) in [5.41, 5.74) is 3.38. The largest absolute Gasteiger partial charge is 0.423 e. The first-order valence-electron chi connectivity index (χ1n) is 8.04. The Kier molecular flexibility index (Phi) is 3.97. The van der Waals surface area contributed by atoms with Gasteiger partial charge in [0.25, 0.3) is 0 Å². The van der Waals surface area contributed by atoms with Crippen molar-refractivity contribution >= 4 is 16.9 Å². The minimum atomic E-state index is -0.442. The van der Waals surface area contributed by atoms with Crippen LogP contribution in [0.3, 0.4) is 0 Å². The Balaban J connectivity index is 1.61.